The fraction of sp³-hybridized carbons (Fsp3) is 0.200. The van der Waals surface area contributed by atoms with E-state index < -0.39 is 0 Å². The molecule has 0 fully saturated rings. The third-order valence-electron chi connectivity index (χ3n) is 2.71. The molecule has 2 aromatic rings. The molecule has 1 aromatic carbocycles. The summed E-state index contributed by atoms with van der Waals surface area (Å²) in [6, 6.07) is 7.29. The first kappa shape index (κ1) is 13.8. The van der Waals surface area contributed by atoms with Gasteiger partial charge in [-0.25, -0.2) is 0 Å². The molecule has 0 unspecified atom stereocenters. The first-order valence-electron chi connectivity index (χ1n) is 6.22. The molecule has 0 aliphatic heterocycles. The smallest absolute Gasteiger partial charge is 0.259 e. The number of H-pyrrole nitrogens is 1. The zero-order valence-corrected chi connectivity index (χ0v) is 11.1. The maximum absolute atomic E-state index is 12.1. The number of aromatic nitrogens is 2. The lowest BCUT2D eigenvalue weighted by molar-refractivity contribution is 0.102. The lowest BCUT2D eigenvalue weighted by Gasteiger charge is -2.06. The second kappa shape index (κ2) is 6.55. The van der Waals surface area contributed by atoms with Crippen LogP contribution in [0.25, 0.3) is 0 Å². The van der Waals surface area contributed by atoms with Crippen molar-refractivity contribution in [2.75, 3.05) is 11.9 Å². The van der Waals surface area contributed by atoms with Crippen molar-refractivity contribution >= 4 is 11.6 Å². The van der Waals surface area contributed by atoms with Gasteiger partial charge in [-0.05, 0) is 19.1 Å². The van der Waals surface area contributed by atoms with Gasteiger partial charge in [0.25, 0.3) is 5.91 Å². The number of anilines is 1. The molecule has 5 nitrogen and oxygen atoms in total. The molecule has 20 heavy (non-hydrogen) atoms. The number of rotatable bonds is 3. The second-order valence-electron chi connectivity index (χ2n) is 4.18. The maximum atomic E-state index is 12.1. The maximum Gasteiger partial charge on any atom is 0.259 e. The minimum atomic E-state index is -0.229. The highest BCUT2D eigenvalue weighted by atomic mass is 16.2. The van der Waals surface area contributed by atoms with Crippen molar-refractivity contribution in [1.29, 1.82) is 0 Å². The standard InChI is InChI=1S/C15H15N3O2/c1-11-13(10-16-18-11)15(20)17-14-8-3-2-6-12(14)7-4-5-9-19/h2-3,6,8,10,19H,5,9H2,1H3,(H,16,18)(H,17,20). The van der Waals surface area contributed by atoms with Crippen LogP contribution < -0.4 is 5.32 Å². The number of carbonyl (C=O) groups is 1. The van der Waals surface area contributed by atoms with Crippen molar-refractivity contribution in [1.82, 2.24) is 10.2 Å². The van der Waals surface area contributed by atoms with Crippen LogP contribution in [0.1, 0.15) is 28.0 Å². The molecule has 2 rings (SSSR count). The second-order valence-corrected chi connectivity index (χ2v) is 4.18. The zero-order valence-electron chi connectivity index (χ0n) is 11.1. The van der Waals surface area contributed by atoms with Crippen LogP contribution in [0.15, 0.2) is 30.5 Å². The van der Waals surface area contributed by atoms with Gasteiger partial charge < -0.3 is 10.4 Å². The minimum Gasteiger partial charge on any atom is -0.395 e. The highest BCUT2D eigenvalue weighted by Crippen LogP contribution is 2.15. The molecule has 1 amide bonds. The van der Waals surface area contributed by atoms with E-state index in [0.717, 1.165) is 5.56 Å². The number of hydrogen-bond donors (Lipinski definition) is 3. The predicted octanol–water partition coefficient (Wildman–Crippen LogP) is 1.70. The Hall–Kier alpha value is -2.58. The molecule has 102 valence electrons. The lowest BCUT2D eigenvalue weighted by atomic mass is 10.1. The molecule has 1 heterocycles. The number of aliphatic hydroxyl groups excluding tert-OH is 1. The van der Waals surface area contributed by atoms with E-state index >= 15 is 0 Å². The molecule has 0 atom stereocenters. The third kappa shape index (κ3) is 3.25. The summed E-state index contributed by atoms with van der Waals surface area (Å²) >= 11 is 0. The SMILES string of the molecule is Cc1[nH]ncc1C(=O)Nc1ccccc1C#CCCO. The van der Waals surface area contributed by atoms with E-state index in [1.165, 1.54) is 6.20 Å². The number of amides is 1. The summed E-state index contributed by atoms with van der Waals surface area (Å²) in [4.78, 5) is 12.1. The Morgan fingerprint density at radius 2 is 2.25 bits per heavy atom. The number of nitrogens with one attached hydrogen (secondary N) is 2. The van der Waals surface area contributed by atoms with Gasteiger partial charge in [0, 0.05) is 17.7 Å². The van der Waals surface area contributed by atoms with E-state index in [-0.39, 0.29) is 12.5 Å². The van der Waals surface area contributed by atoms with Crippen molar-refractivity contribution in [2.45, 2.75) is 13.3 Å². The van der Waals surface area contributed by atoms with Crippen molar-refractivity contribution in [3.63, 3.8) is 0 Å². The van der Waals surface area contributed by atoms with Gasteiger partial charge in [-0.1, -0.05) is 24.0 Å². The zero-order chi connectivity index (χ0) is 14.4. The highest BCUT2D eigenvalue weighted by molar-refractivity contribution is 6.05. The Morgan fingerprint density at radius 1 is 1.45 bits per heavy atom. The lowest BCUT2D eigenvalue weighted by Crippen LogP contribution is -2.13. The minimum absolute atomic E-state index is 0.0236. The molecule has 3 N–H and O–H groups in total. The number of hydrogen-bond acceptors (Lipinski definition) is 3. The number of para-hydroxylation sites is 1. The Labute approximate surface area is 117 Å². The van der Waals surface area contributed by atoms with Crippen LogP contribution in [0.3, 0.4) is 0 Å². The molecule has 5 heteroatoms. The number of nitrogens with zero attached hydrogens (tertiary/aromatic N) is 1. The van der Waals surface area contributed by atoms with E-state index in [1.54, 1.807) is 13.0 Å². The molecule has 0 saturated heterocycles. The summed E-state index contributed by atoms with van der Waals surface area (Å²) in [5.74, 6) is 5.54. The van der Waals surface area contributed by atoms with E-state index in [9.17, 15) is 4.79 Å². The van der Waals surface area contributed by atoms with Crippen LogP contribution in [0.5, 0.6) is 0 Å². The summed E-state index contributed by atoms with van der Waals surface area (Å²) in [7, 11) is 0. The van der Waals surface area contributed by atoms with Gasteiger partial charge in [0.1, 0.15) is 0 Å². The Balaban J connectivity index is 2.20. The molecule has 0 radical (unpaired) electrons. The fourth-order valence-electron chi connectivity index (χ4n) is 1.68. The fourth-order valence-corrected chi connectivity index (χ4v) is 1.68. The van der Waals surface area contributed by atoms with Gasteiger partial charge in [0.2, 0.25) is 0 Å². The van der Waals surface area contributed by atoms with Crippen molar-refractivity contribution in [2.24, 2.45) is 0 Å². The number of aryl methyl sites for hydroxylation is 1. The van der Waals surface area contributed by atoms with Gasteiger partial charge in [-0.2, -0.15) is 5.10 Å². The summed E-state index contributed by atoms with van der Waals surface area (Å²) in [6.07, 6.45) is 1.90. The van der Waals surface area contributed by atoms with E-state index in [1.807, 2.05) is 18.2 Å². The van der Waals surface area contributed by atoms with Gasteiger partial charge in [0.05, 0.1) is 24.1 Å². The Bertz CT molecular complexity index is 665. The topological polar surface area (TPSA) is 78.0 Å². The molecular formula is C15H15N3O2. The quantitative estimate of drug-likeness (QED) is 0.742. The van der Waals surface area contributed by atoms with Gasteiger partial charge in [-0.3, -0.25) is 9.89 Å². The molecule has 0 aliphatic rings. The summed E-state index contributed by atoms with van der Waals surface area (Å²) in [5, 5.41) is 18.1. The van der Waals surface area contributed by atoms with Crippen molar-refractivity contribution in [3.8, 4) is 11.8 Å². The largest absolute Gasteiger partial charge is 0.395 e. The Kier molecular flexibility index (Phi) is 4.53. The number of carbonyl (C=O) groups excluding carboxylic acids is 1. The average Bonchev–Trinajstić information content (AvgIpc) is 2.87. The van der Waals surface area contributed by atoms with Gasteiger partial charge in [0.15, 0.2) is 0 Å². The normalized spacial score (nSPS) is 9.70. The molecule has 0 bridgehead atoms. The molecule has 1 aromatic heterocycles. The first-order chi connectivity index (χ1) is 9.72. The van der Waals surface area contributed by atoms with Crippen LogP contribution >= 0.6 is 0 Å². The van der Waals surface area contributed by atoms with Gasteiger partial charge >= 0.3 is 0 Å². The van der Waals surface area contributed by atoms with Gasteiger partial charge in [-0.15, -0.1) is 0 Å². The molecular weight excluding hydrogens is 254 g/mol. The van der Waals surface area contributed by atoms with E-state index in [2.05, 4.69) is 27.4 Å². The van der Waals surface area contributed by atoms with E-state index in [0.29, 0.717) is 23.4 Å². The van der Waals surface area contributed by atoms with Crippen molar-refractivity contribution < 1.29 is 9.90 Å². The highest BCUT2D eigenvalue weighted by Gasteiger charge is 2.12. The predicted molar refractivity (Wildman–Crippen MR) is 76.3 cm³/mol. The number of aromatic amines is 1. The number of aliphatic hydroxyl groups is 1. The van der Waals surface area contributed by atoms with E-state index in [4.69, 9.17) is 5.11 Å². The average molecular weight is 269 g/mol. The van der Waals surface area contributed by atoms with Crippen LogP contribution in [-0.2, 0) is 0 Å². The van der Waals surface area contributed by atoms with Crippen LogP contribution in [0.2, 0.25) is 0 Å². The molecule has 0 aliphatic carbocycles. The van der Waals surface area contributed by atoms with Crippen LogP contribution in [0, 0.1) is 18.8 Å². The summed E-state index contributed by atoms with van der Waals surface area (Å²) < 4.78 is 0. The van der Waals surface area contributed by atoms with Crippen molar-refractivity contribution in [3.05, 3.63) is 47.3 Å². The summed E-state index contributed by atoms with van der Waals surface area (Å²) in [6.45, 7) is 1.81. The Morgan fingerprint density at radius 3 is 2.95 bits per heavy atom. The van der Waals surface area contributed by atoms with Crippen LogP contribution in [-0.4, -0.2) is 27.8 Å². The third-order valence-corrected chi connectivity index (χ3v) is 2.71. The number of benzene rings is 1. The summed E-state index contributed by atoms with van der Waals surface area (Å²) in [5.41, 5.74) is 2.58. The molecule has 0 spiro atoms. The molecule has 0 saturated carbocycles. The van der Waals surface area contributed by atoms with Crippen LogP contribution in [0.4, 0.5) is 5.69 Å². The first-order valence-corrected chi connectivity index (χ1v) is 6.22. The monoisotopic (exact) mass is 269 g/mol.